The lowest BCUT2D eigenvalue weighted by molar-refractivity contribution is 0.233. The van der Waals surface area contributed by atoms with E-state index in [2.05, 4.69) is 210 Å². The number of hydrogen-bond acceptors (Lipinski definition) is 2. The highest BCUT2D eigenvalue weighted by Gasteiger charge is 2.53. The van der Waals surface area contributed by atoms with Crippen molar-refractivity contribution in [2.75, 3.05) is 4.90 Å². The van der Waals surface area contributed by atoms with Gasteiger partial charge in [0.2, 0.25) is 0 Å². The summed E-state index contributed by atoms with van der Waals surface area (Å²) >= 11 is 1.96. The van der Waals surface area contributed by atoms with Gasteiger partial charge in [0, 0.05) is 32.0 Å². The maximum absolute atomic E-state index is 2.64. The Hall–Kier alpha value is -5.83. The van der Waals surface area contributed by atoms with E-state index in [1.807, 2.05) is 11.8 Å². The molecule has 8 aromatic carbocycles. The third-order valence-corrected chi connectivity index (χ3v) is 18.2. The molecule has 0 bridgehead atoms. The number of rotatable bonds is 3. The van der Waals surface area contributed by atoms with Gasteiger partial charge in [0.25, 0.3) is 0 Å². The molecule has 3 atom stereocenters. The Morgan fingerprint density at radius 1 is 0.484 bits per heavy atom. The molecule has 64 heavy (non-hydrogen) atoms. The monoisotopic (exact) mass is 845 g/mol. The molecule has 314 valence electrons. The Balaban J connectivity index is 1.11. The van der Waals surface area contributed by atoms with Crippen LogP contribution >= 0.6 is 11.8 Å². The number of nitrogens with zero attached hydrogens (tertiary/aromatic N) is 1. The first kappa shape index (κ1) is 38.6. The molecule has 0 radical (unpaired) electrons. The number of hydrogen-bond donors (Lipinski definition) is 0. The maximum Gasteiger partial charge on any atom is 0.0730 e. The summed E-state index contributed by atoms with van der Waals surface area (Å²) in [6, 6.07) is 63.9. The Kier molecular flexibility index (Phi) is 8.06. The quantitative estimate of drug-likeness (QED) is 0.174. The van der Waals surface area contributed by atoms with Crippen molar-refractivity contribution in [2.24, 2.45) is 5.92 Å². The van der Waals surface area contributed by atoms with Crippen molar-refractivity contribution >= 4 is 39.6 Å². The molecule has 1 fully saturated rings. The molecule has 5 aliphatic rings. The third-order valence-electron chi connectivity index (χ3n) is 17.0. The van der Waals surface area contributed by atoms with Crippen LogP contribution in [-0.4, -0.2) is 0 Å². The molecular weight excluding hydrogens is 791 g/mol. The zero-order valence-electron chi connectivity index (χ0n) is 37.9. The first-order valence-corrected chi connectivity index (χ1v) is 24.6. The highest BCUT2D eigenvalue weighted by Crippen LogP contribution is 2.65. The topological polar surface area (TPSA) is 3.24 Å². The van der Waals surface area contributed by atoms with E-state index < -0.39 is 5.41 Å². The highest BCUT2D eigenvalue weighted by molar-refractivity contribution is 7.99. The molecule has 0 N–H and O–H groups in total. The van der Waals surface area contributed by atoms with Gasteiger partial charge in [0.15, 0.2) is 0 Å². The Morgan fingerprint density at radius 2 is 1.14 bits per heavy atom. The Labute approximate surface area is 383 Å². The number of anilines is 3. The lowest BCUT2D eigenvalue weighted by atomic mass is 9.53. The van der Waals surface area contributed by atoms with E-state index in [1.165, 1.54) is 119 Å². The van der Waals surface area contributed by atoms with Gasteiger partial charge >= 0.3 is 0 Å². The molecule has 1 aliphatic heterocycles. The molecule has 13 rings (SSSR count). The fraction of sp³-hybridized carbons (Fsp3) is 0.258. The van der Waals surface area contributed by atoms with E-state index in [4.69, 9.17) is 0 Å². The molecule has 0 aromatic heterocycles. The molecule has 1 heterocycles. The smallest absolute Gasteiger partial charge is 0.0730 e. The predicted octanol–water partition coefficient (Wildman–Crippen LogP) is 16.7. The lowest BCUT2D eigenvalue weighted by Gasteiger charge is -2.51. The average molecular weight is 846 g/mol. The van der Waals surface area contributed by atoms with E-state index in [0.717, 1.165) is 0 Å². The van der Waals surface area contributed by atoms with Crippen LogP contribution in [0.1, 0.15) is 129 Å². The molecule has 2 heteroatoms. The first-order valence-electron chi connectivity index (χ1n) is 23.7. The minimum Gasteiger partial charge on any atom is -0.309 e. The van der Waals surface area contributed by atoms with Gasteiger partial charge in [0.1, 0.15) is 0 Å². The standard InChI is InChI=1S/C62H55NS/c1-59(2)46-22-11-9-20-42(46)44-33-31-39(36-53(44)59)63(40-32-34-45-43-21-10-12-23-47(43)60(3,4)54(45)37-40)55-28-17-27-52-58(55)64-56-29-16-15-26-50(56)62(52)49-25-14-13-24-48(49)61(5,6)57-41-19-8-7-18-38(41)30-35-51(57)62/h7-9,11,13-20,22,24-37,43,47H,10,12,21,23H2,1-6H3. The van der Waals surface area contributed by atoms with Gasteiger partial charge < -0.3 is 4.90 Å². The molecule has 1 nitrogen and oxygen atoms in total. The molecule has 4 aliphatic carbocycles. The molecule has 1 spiro atoms. The van der Waals surface area contributed by atoms with E-state index in [9.17, 15) is 0 Å². The molecule has 0 amide bonds. The zero-order valence-corrected chi connectivity index (χ0v) is 38.7. The molecule has 8 aromatic rings. The van der Waals surface area contributed by atoms with Crippen LogP contribution in [0.3, 0.4) is 0 Å². The van der Waals surface area contributed by atoms with Crippen LogP contribution in [0.4, 0.5) is 17.1 Å². The highest BCUT2D eigenvalue weighted by atomic mass is 32.2. The minimum atomic E-state index is -0.540. The fourth-order valence-electron chi connectivity index (χ4n) is 14.1. The van der Waals surface area contributed by atoms with Crippen LogP contribution in [0.2, 0.25) is 0 Å². The summed E-state index contributed by atoms with van der Waals surface area (Å²) in [5.74, 6) is 1.35. The third kappa shape index (κ3) is 4.93. The second kappa shape index (κ2) is 13.4. The summed E-state index contributed by atoms with van der Waals surface area (Å²) in [4.78, 5) is 5.29. The SMILES string of the molecule is CC1(C)c2ccccc2-c2ccc(N(c3ccc4c(c3)C(C)(C)C3CCCCC43)c3cccc4c3Sc3ccccc3C43c4ccccc4C(C)(C)c4c3ccc3ccccc43)cc21. The van der Waals surface area contributed by atoms with Crippen LogP contribution in [0, 0.1) is 5.92 Å². The van der Waals surface area contributed by atoms with Crippen molar-refractivity contribution in [3.05, 3.63) is 219 Å². The predicted molar refractivity (Wildman–Crippen MR) is 268 cm³/mol. The lowest BCUT2D eigenvalue weighted by Crippen LogP contribution is -2.43. The van der Waals surface area contributed by atoms with E-state index in [-0.39, 0.29) is 16.2 Å². The summed E-state index contributed by atoms with van der Waals surface area (Å²) in [7, 11) is 0. The Morgan fingerprint density at radius 3 is 1.98 bits per heavy atom. The van der Waals surface area contributed by atoms with Crippen LogP contribution in [0.5, 0.6) is 0 Å². The van der Waals surface area contributed by atoms with Crippen molar-refractivity contribution in [1.82, 2.24) is 0 Å². The van der Waals surface area contributed by atoms with Crippen molar-refractivity contribution in [3.63, 3.8) is 0 Å². The normalized spacial score (nSPS) is 22.0. The molecular formula is C62H55NS. The van der Waals surface area contributed by atoms with Crippen LogP contribution in [0.15, 0.2) is 174 Å². The van der Waals surface area contributed by atoms with E-state index >= 15 is 0 Å². The van der Waals surface area contributed by atoms with Gasteiger partial charge in [0.05, 0.1) is 11.1 Å². The summed E-state index contributed by atoms with van der Waals surface area (Å²) in [6.45, 7) is 14.8. The van der Waals surface area contributed by atoms with Gasteiger partial charge in [-0.15, -0.1) is 0 Å². The largest absolute Gasteiger partial charge is 0.309 e. The summed E-state index contributed by atoms with van der Waals surface area (Å²) in [5.41, 5.74) is 19.9. The second-order valence-electron chi connectivity index (χ2n) is 21.1. The van der Waals surface area contributed by atoms with Gasteiger partial charge in [-0.2, -0.15) is 0 Å². The van der Waals surface area contributed by atoms with Crippen molar-refractivity contribution in [3.8, 4) is 11.1 Å². The minimum absolute atomic E-state index is 0.114. The van der Waals surface area contributed by atoms with Gasteiger partial charge in [-0.3, -0.25) is 0 Å². The van der Waals surface area contributed by atoms with Crippen molar-refractivity contribution in [1.29, 1.82) is 0 Å². The van der Waals surface area contributed by atoms with Crippen LogP contribution in [-0.2, 0) is 21.7 Å². The average Bonchev–Trinajstić information content (AvgIpc) is 3.69. The van der Waals surface area contributed by atoms with Crippen LogP contribution in [0.25, 0.3) is 21.9 Å². The maximum atomic E-state index is 2.64. The molecule has 1 saturated carbocycles. The van der Waals surface area contributed by atoms with Gasteiger partial charge in [-0.1, -0.05) is 194 Å². The van der Waals surface area contributed by atoms with Crippen LogP contribution < -0.4 is 4.90 Å². The Bertz CT molecular complexity index is 3270. The fourth-order valence-corrected chi connectivity index (χ4v) is 15.4. The van der Waals surface area contributed by atoms with Gasteiger partial charge in [-0.05, 0) is 144 Å². The summed E-state index contributed by atoms with van der Waals surface area (Å²) in [5, 5.41) is 2.64. The second-order valence-corrected chi connectivity index (χ2v) is 22.2. The first-order chi connectivity index (χ1) is 31.0. The molecule has 0 saturated heterocycles. The van der Waals surface area contributed by atoms with Gasteiger partial charge in [-0.25, -0.2) is 0 Å². The van der Waals surface area contributed by atoms with E-state index in [0.29, 0.717) is 11.8 Å². The zero-order chi connectivity index (χ0) is 43.3. The van der Waals surface area contributed by atoms with E-state index in [1.54, 1.807) is 11.1 Å². The number of fused-ring (bicyclic) bond motifs is 16. The number of benzene rings is 8. The van der Waals surface area contributed by atoms with Crippen molar-refractivity contribution < 1.29 is 0 Å². The summed E-state index contributed by atoms with van der Waals surface area (Å²) in [6.07, 6.45) is 5.32. The van der Waals surface area contributed by atoms with Crippen molar-refractivity contribution in [2.45, 2.75) is 105 Å². The summed E-state index contributed by atoms with van der Waals surface area (Å²) < 4.78 is 0. The molecule has 3 unspecified atom stereocenters.